The van der Waals surface area contributed by atoms with Gasteiger partial charge >= 0.3 is 5.97 Å². The molecular formula is C32H36N2O5. The Kier molecular flexibility index (Phi) is 6.37. The highest BCUT2D eigenvalue weighted by molar-refractivity contribution is 5.92. The van der Waals surface area contributed by atoms with Crippen molar-refractivity contribution >= 4 is 23.7 Å². The summed E-state index contributed by atoms with van der Waals surface area (Å²) in [6.07, 6.45) is 6.71. The number of ketones is 1. The average molecular weight is 529 g/mol. The summed E-state index contributed by atoms with van der Waals surface area (Å²) < 4.78 is 12.4. The molecule has 39 heavy (non-hydrogen) atoms. The smallest absolute Gasteiger partial charge is 0.308 e. The highest BCUT2D eigenvalue weighted by Crippen LogP contribution is 2.64. The van der Waals surface area contributed by atoms with Crippen molar-refractivity contribution in [3.8, 4) is 11.5 Å². The zero-order valence-corrected chi connectivity index (χ0v) is 23.1. The van der Waals surface area contributed by atoms with Gasteiger partial charge < -0.3 is 14.4 Å². The van der Waals surface area contributed by atoms with E-state index in [-0.39, 0.29) is 41.3 Å². The molecule has 0 radical (unpaired) electrons. The fourth-order valence-electron chi connectivity index (χ4n) is 7.92. The first kappa shape index (κ1) is 25.8. The van der Waals surface area contributed by atoms with Gasteiger partial charge in [-0.3, -0.25) is 19.3 Å². The monoisotopic (exact) mass is 528 g/mol. The molecule has 2 aromatic rings. The van der Waals surface area contributed by atoms with E-state index in [0.29, 0.717) is 24.0 Å². The van der Waals surface area contributed by atoms with E-state index in [9.17, 15) is 14.4 Å². The number of amides is 1. The molecule has 2 heterocycles. The lowest BCUT2D eigenvalue weighted by Gasteiger charge is -2.60. The molecule has 204 valence electrons. The summed E-state index contributed by atoms with van der Waals surface area (Å²) >= 11 is 0. The molecule has 7 heteroatoms. The molecular weight excluding hydrogens is 492 g/mol. The first-order valence-corrected chi connectivity index (χ1v) is 14.0. The Bertz CT molecular complexity index is 1380. The van der Waals surface area contributed by atoms with Gasteiger partial charge in [-0.15, -0.1) is 0 Å². The fraction of sp³-hybridized carbons (Fsp3) is 0.469. The first-order valence-electron chi connectivity index (χ1n) is 14.0. The average Bonchev–Trinajstić information content (AvgIpc) is 3.24. The Morgan fingerprint density at radius 2 is 2.00 bits per heavy atom. The van der Waals surface area contributed by atoms with Crippen LogP contribution in [0.1, 0.15) is 55.4 Å². The zero-order chi connectivity index (χ0) is 27.5. The molecule has 2 aromatic carbocycles. The van der Waals surface area contributed by atoms with E-state index in [2.05, 4.69) is 17.0 Å². The van der Waals surface area contributed by atoms with Gasteiger partial charge in [-0.2, -0.15) is 0 Å². The van der Waals surface area contributed by atoms with Gasteiger partial charge in [0, 0.05) is 37.1 Å². The molecule has 0 aromatic heterocycles. The van der Waals surface area contributed by atoms with Gasteiger partial charge in [0.15, 0.2) is 11.5 Å². The number of ether oxygens (including phenoxy) is 2. The molecule has 2 aliphatic carbocycles. The van der Waals surface area contributed by atoms with Crippen molar-refractivity contribution in [2.75, 3.05) is 20.1 Å². The van der Waals surface area contributed by atoms with Crippen molar-refractivity contribution in [2.45, 2.75) is 70.1 Å². The highest BCUT2D eigenvalue weighted by Gasteiger charge is 2.66. The third-order valence-electron chi connectivity index (χ3n) is 9.37. The van der Waals surface area contributed by atoms with Gasteiger partial charge in [0.25, 0.3) is 0 Å². The molecule has 0 unspecified atom stereocenters. The summed E-state index contributed by atoms with van der Waals surface area (Å²) in [5, 5.41) is 0. The van der Waals surface area contributed by atoms with Crippen LogP contribution in [0.2, 0.25) is 0 Å². The lowest BCUT2D eigenvalue weighted by Crippen LogP contribution is -2.69. The van der Waals surface area contributed by atoms with Crippen LogP contribution in [0.4, 0.5) is 0 Å². The zero-order valence-electron chi connectivity index (χ0n) is 23.1. The molecule has 2 bridgehead atoms. The van der Waals surface area contributed by atoms with Crippen LogP contribution in [0.5, 0.6) is 11.5 Å². The van der Waals surface area contributed by atoms with Crippen molar-refractivity contribution in [1.29, 1.82) is 0 Å². The quantitative estimate of drug-likeness (QED) is 0.319. The maximum absolute atomic E-state index is 13.4. The third-order valence-corrected chi connectivity index (χ3v) is 9.37. The minimum absolute atomic E-state index is 0.0577. The highest BCUT2D eigenvalue weighted by atomic mass is 16.6. The number of Topliss-reactive ketones (excluding diaryl/α,β-unsaturated/α-hetero) is 1. The molecule has 5 atom stereocenters. The van der Waals surface area contributed by atoms with Crippen LogP contribution in [0.3, 0.4) is 0 Å². The van der Waals surface area contributed by atoms with Crippen molar-refractivity contribution in [3.05, 3.63) is 64.7 Å². The SMILES string of the molecule is CC(=O)CN1CC[C@]23c4c5ccc(OC(C)=O)c4O[C@H]2[C@H](N(C)C(=O)C=Cc2cccc(C)c2)CC[C@H]3[C@H]1C5. The van der Waals surface area contributed by atoms with Crippen molar-refractivity contribution in [1.82, 2.24) is 9.80 Å². The Morgan fingerprint density at radius 1 is 1.18 bits per heavy atom. The van der Waals surface area contributed by atoms with Crippen molar-refractivity contribution in [2.24, 2.45) is 5.92 Å². The number of benzene rings is 2. The molecule has 2 fully saturated rings. The number of nitrogens with zero attached hydrogens (tertiary/aromatic N) is 2. The standard InChI is InChI=1S/C32H36N2O5/c1-19-6-5-7-22(16-19)8-13-28(37)33(4)25-11-10-24-26-17-23-9-12-27(38-21(3)36)30-29(23)32(24,31(25)39-30)14-15-34(26)18-20(2)35/h5-9,12-13,16,24-26,31H,10-11,14-15,17-18H2,1-4H3/t24-,25+,26+,31-,32-/m0/s1. The Labute approximate surface area is 229 Å². The summed E-state index contributed by atoms with van der Waals surface area (Å²) in [5.74, 6) is 1.17. The number of rotatable bonds is 6. The van der Waals surface area contributed by atoms with Gasteiger partial charge in [-0.1, -0.05) is 35.9 Å². The molecule has 1 saturated heterocycles. The van der Waals surface area contributed by atoms with Crippen molar-refractivity contribution < 1.29 is 23.9 Å². The summed E-state index contributed by atoms with van der Waals surface area (Å²) in [5.41, 5.74) is 4.22. The van der Waals surface area contributed by atoms with Crippen molar-refractivity contribution in [3.63, 3.8) is 0 Å². The predicted octanol–water partition coefficient (Wildman–Crippen LogP) is 4.09. The number of likely N-dealkylation sites (N-methyl/N-ethyl adjacent to an activating group) is 1. The number of piperidine rings is 1. The Morgan fingerprint density at radius 3 is 2.74 bits per heavy atom. The number of aryl methyl sites for hydroxylation is 1. The number of esters is 1. The van der Waals surface area contributed by atoms with E-state index in [4.69, 9.17) is 9.47 Å². The van der Waals surface area contributed by atoms with E-state index in [1.54, 1.807) is 13.0 Å². The summed E-state index contributed by atoms with van der Waals surface area (Å²) in [7, 11) is 1.87. The predicted molar refractivity (Wildman–Crippen MR) is 148 cm³/mol. The molecule has 1 spiro atoms. The van der Waals surface area contributed by atoms with Crippen LogP contribution in [0.15, 0.2) is 42.5 Å². The second-order valence-corrected chi connectivity index (χ2v) is 11.7. The molecule has 1 saturated carbocycles. The maximum Gasteiger partial charge on any atom is 0.308 e. The minimum Gasteiger partial charge on any atom is -0.483 e. The van der Waals surface area contributed by atoms with E-state index in [1.165, 1.54) is 12.5 Å². The lowest BCUT2D eigenvalue weighted by molar-refractivity contribution is -0.136. The second-order valence-electron chi connectivity index (χ2n) is 11.7. The van der Waals surface area contributed by atoms with Gasteiger partial charge in [-0.25, -0.2) is 0 Å². The molecule has 6 rings (SSSR count). The maximum atomic E-state index is 13.4. The summed E-state index contributed by atoms with van der Waals surface area (Å²) in [6.45, 7) is 6.36. The van der Waals surface area contributed by atoms with Crippen LogP contribution >= 0.6 is 0 Å². The fourth-order valence-corrected chi connectivity index (χ4v) is 7.92. The molecule has 4 aliphatic rings. The molecule has 7 nitrogen and oxygen atoms in total. The van der Waals surface area contributed by atoms with Crippen LogP contribution in [0, 0.1) is 12.8 Å². The van der Waals surface area contributed by atoms with E-state index < -0.39 is 0 Å². The number of hydrogen-bond donors (Lipinski definition) is 0. The molecule has 2 aliphatic heterocycles. The van der Waals surface area contributed by atoms with Crippen LogP contribution in [0.25, 0.3) is 6.08 Å². The lowest BCUT2D eigenvalue weighted by atomic mass is 9.51. The Balaban J connectivity index is 1.37. The minimum atomic E-state index is -0.381. The summed E-state index contributed by atoms with van der Waals surface area (Å²) in [6, 6.07) is 12.1. The van der Waals surface area contributed by atoms with Gasteiger partial charge in [-0.05, 0) is 75.3 Å². The normalized spacial score (nSPS) is 28.5. The first-order chi connectivity index (χ1) is 18.7. The summed E-state index contributed by atoms with van der Waals surface area (Å²) in [4.78, 5) is 41.7. The van der Waals surface area contributed by atoms with Crippen LogP contribution in [-0.2, 0) is 26.2 Å². The third kappa shape index (κ3) is 4.18. The Hall–Kier alpha value is -3.45. The number of likely N-dealkylation sites (tertiary alicyclic amines) is 1. The number of carbonyl (C=O) groups is 3. The van der Waals surface area contributed by atoms with E-state index >= 15 is 0 Å². The molecule has 1 amide bonds. The van der Waals surface area contributed by atoms with Gasteiger partial charge in [0.2, 0.25) is 5.91 Å². The van der Waals surface area contributed by atoms with E-state index in [0.717, 1.165) is 48.9 Å². The van der Waals surface area contributed by atoms with Crippen LogP contribution in [-0.4, -0.2) is 65.8 Å². The number of carbonyl (C=O) groups excluding carboxylic acids is 3. The second kappa shape index (κ2) is 9.63. The topological polar surface area (TPSA) is 76.2 Å². The van der Waals surface area contributed by atoms with Gasteiger partial charge in [0.05, 0.1) is 12.6 Å². The number of hydrogen-bond acceptors (Lipinski definition) is 6. The van der Waals surface area contributed by atoms with E-state index in [1.807, 2.05) is 49.2 Å². The molecule has 0 N–H and O–H groups in total. The van der Waals surface area contributed by atoms with Crippen LogP contribution < -0.4 is 9.47 Å². The largest absolute Gasteiger partial charge is 0.483 e. The van der Waals surface area contributed by atoms with Gasteiger partial charge in [0.1, 0.15) is 11.9 Å².